The van der Waals surface area contributed by atoms with Crippen molar-refractivity contribution in [3.63, 3.8) is 0 Å². The van der Waals surface area contributed by atoms with Crippen LogP contribution in [0.15, 0.2) is 22.7 Å². The number of ether oxygens (including phenoxy) is 3. The highest BCUT2D eigenvalue weighted by Gasteiger charge is 2.32. The number of anilines is 1. The summed E-state index contributed by atoms with van der Waals surface area (Å²) in [5.74, 6) is 0. The van der Waals surface area contributed by atoms with Gasteiger partial charge in [-0.1, -0.05) is 15.9 Å². The van der Waals surface area contributed by atoms with Gasteiger partial charge in [-0.25, -0.2) is 0 Å². The number of hydrogen-bond acceptors (Lipinski definition) is 6. The van der Waals surface area contributed by atoms with Gasteiger partial charge in [0.1, 0.15) is 4.75 Å². The Labute approximate surface area is 186 Å². The van der Waals surface area contributed by atoms with Gasteiger partial charge in [-0.15, -0.1) is 4.72 Å². The minimum atomic E-state index is -1.18. The topological polar surface area (TPSA) is 66.0 Å². The normalized spacial score (nSPS) is 21.2. The molecule has 2 atom stereocenters. The van der Waals surface area contributed by atoms with E-state index in [4.69, 9.17) is 14.2 Å². The second-order valence-electron chi connectivity index (χ2n) is 8.46. The van der Waals surface area contributed by atoms with Crippen LogP contribution >= 0.6 is 15.9 Å². The van der Waals surface area contributed by atoms with E-state index in [0.717, 1.165) is 68.8 Å². The highest BCUT2D eigenvalue weighted by Crippen LogP contribution is 2.34. The van der Waals surface area contributed by atoms with Gasteiger partial charge >= 0.3 is 0 Å². The van der Waals surface area contributed by atoms with Crippen molar-refractivity contribution in [2.24, 2.45) is 0 Å². The summed E-state index contributed by atoms with van der Waals surface area (Å²) in [6, 6.07) is 6.29. The number of rotatable bonds is 7. The number of nitrogens with one attached hydrogen (secondary N) is 1. The molecule has 0 bridgehead atoms. The lowest BCUT2D eigenvalue weighted by Gasteiger charge is -2.34. The van der Waals surface area contributed by atoms with Crippen LogP contribution in [0.1, 0.15) is 51.6 Å². The molecule has 2 heterocycles. The van der Waals surface area contributed by atoms with Gasteiger partial charge in [0.15, 0.2) is 6.29 Å². The van der Waals surface area contributed by atoms with E-state index >= 15 is 0 Å². The summed E-state index contributed by atoms with van der Waals surface area (Å²) in [5.41, 5.74) is 2.32. The SMILES string of the molecule is CC(C)(C)[S+]([O-])N[C@@H](CCC1OCCCO1)c1cc(Br)ccc1N1CCOCC1. The Balaban J connectivity index is 1.83. The third-order valence-electron chi connectivity index (χ3n) is 5.11. The molecule has 0 aliphatic carbocycles. The maximum atomic E-state index is 13.0. The molecule has 1 aromatic rings. The largest absolute Gasteiger partial charge is 0.598 e. The third-order valence-corrected chi connectivity index (χ3v) is 7.21. The van der Waals surface area contributed by atoms with Crippen LogP contribution in [0.4, 0.5) is 5.69 Å². The molecule has 0 amide bonds. The van der Waals surface area contributed by atoms with Crippen LogP contribution in [0.5, 0.6) is 0 Å². The molecule has 0 radical (unpaired) electrons. The summed E-state index contributed by atoms with van der Waals surface area (Å²) in [7, 11) is 0. The van der Waals surface area contributed by atoms with Crippen LogP contribution < -0.4 is 9.62 Å². The van der Waals surface area contributed by atoms with Crippen LogP contribution in [0.2, 0.25) is 0 Å². The summed E-state index contributed by atoms with van der Waals surface area (Å²) >= 11 is 2.44. The molecule has 0 spiro atoms. The molecule has 1 unspecified atom stereocenters. The Hall–Kier alpha value is -0.350. The maximum absolute atomic E-state index is 13.0. The van der Waals surface area contributed by atoms with E-state index in [2.05, 4.69) is 43.8 Å². The Morgan fingerprint density at radius 3 is 2.55 bits per heavy atom. The average Bonchev–Trinajstić information content (AvgIpc) is 2.71. The van der Waals surface area contributed by atoms with Gasteiger partial charge in [0.2, 0.25) is 0 Å². The Bertz CT molecular complexity index is 646. The molecule has 1 N–H and O–H groups in total. The van der Waals surface area contributed by atoms with Crippen molar-refractivity contribution < 1.29 is 18.8 Å². The van der Waals surface area contributed by atoms with Gasteiger partial charge in [-0.05, 0) is 57.4 Å². The number of halogens is 1. The second-order valence-corrected chi connectivity index (χ2v) is 11.4. The average molecular weight is 489 g/mol. The number of benzene rings is 1. The van der Waals surface area contributed by atoms with Crippen molar-refractivity contribution in [3.05, 3.63) is 28.2 Å². The predicted molar refractivity (Wildman–Crippen MR) is 120 cm³/mol. The van der Waals surface area contributed by atoms with Crippen LogP contribution in [-0.2, 0) is 25.6 Å². The molecule has 2 aliphatic rings. The Morgan fingerprint density at radius 1 is 1.21 bits per heavy atom. The number of hydrogen-bond donors (Lipinski definition) is 1. The summed E-state index contributed by atoms with van der Waals surface area (Å²) < 4.78 is 34.1. The molecule has 0 saturated carbocycles. The minimum absolute atomic E-state index is 0.0699. The lowest BCUT2D eigenvalue weighted by Crippen LogP contribution is -2.42. The van der Waals surface area contributed by atoms with Gasteiger partial charge in [0.25, 0.3) is 0 Å². The molecule has 2 fully saturated rings. The van der Waals surface area contributed by atoms with Gasteiger partial charge in [0.05, 0.1) is 32.5 Å². The van der Waals surface area contributed by atoms with Crippen molar-refractivity contribution in [1.29, 1.82) is 0 Å². The fourth-order valence-electron chi connectivity index (χ4n) is 3.49. The lowest BCUT2D eigenvalue weighted by atomic mass is 9.99. The Morgan fingerprint density at radius 2 is 1.90 bits per heavy atom. The van der Waals surface area contributed by atoms with Crippen LogP contribution in [0, 0.1) is 0 Å². The molecule has 2 saturated heterocycles. The smallest absolute Gasteiger partial charge is 0.157 e. The minimum Gasteiger partial charge on any atom is -0.598 e. The fraction of sp³-hybridized carbons (Fsp3) is 0.714. The van der Waals surface area contributed by atoms with E-state index < -0.39 is 11.4 Å². The van der Waals surface area contributed by atoms with E-state index in [9.17, 15) is 4.55 Å². The first-order valence-electron chi connectivity index (χ1n) is 10.4. The summed E-state index contributed by atoms with van der Waals surface area (Å²) in [6.45, 7) is 10.6. The van der Waals surface area contributed by atoms with Crippen molar-refractivity contribution in [2.75, 3.05) is 44.4 Å². The monoisotopic (exact) mass is 488 g/mol. The van der Waals surface area contributed by atoms with Gasteiger partial charge < -0.3 is 23.7 Å². The van der Waals surface area contributed by atoms with Crippen LogP contribution in [0.3, 0.4) is 0 Å². The molecule has 2 aliphatic heterocycles. The molecule has 0 aromatic heterocycles. The molecule has 164 valence electrons. The number of nitrogens with zero attached hydrogens (tertiary/aromatic N) is 1. The summed E-state index contributed by atoms with van der Waals surface area (Å²) in [4.78, 5) is 2.35. The molecular formula is C21H33BrN2O4S. The van der Waals surface area contributed by atoms with Crippen molar-refractivity contribution in [2.45, 2.75) is 57.1 Å². The molecule has 29 heavy (non-hydrogen) atoms. The second kappa shape index (κ2) is 10.8. The standard InChI is InChI=1S/C21H33BrN2O4S/c1-21(2,3)29(25)23-18(6-8-20-27-11-4-12-28-20)17-15-16(22)5-7-19(17)24-9-13-26-14-10-24/h5,7,15,18,20,23H,4,6,8-14H2,1-3H3/t18-,29?/m0/s1. The van der Waals surface area contributed by atoms with Gasteiger partial charge in [-0.3, -0.25) is 0 Å². The fourth-order valence-corrected chi connectivity index (χ4v) is 4.72. The first-order chi connectivity index (χ1) is 13.8. The van der Waals surface area contributed by atoms with Crippen molar-refractivity contribution >= 4 is 33.0 Å². The molecular weight excluding hydrogens is 456 g/mol. The molecule has 3 rings (SSSR count). The van der Waals surface area contributed by atoms with Crippen molar-refractivity contribution in [1.82, 2.24) is 4.72 Å². The predicted octanol–water partition coefficient (Wildman–Crippen LogP) is 3.92. The highest BCUT2D eigenvalue weighted by atomic mass is 79.9. The zero-order valence-electron chi connectivity index (χ0n) is 17.6. The lowest BCUT2D eigenvalue weighted by molar-refractivity contribution is -0.182. The zero-order chi connectivity index (χ0) is 20.9. The highest BCUT2D eigenvalue weighted by molar-refractivity contribution is 9.10. The van der Waals surface area contributed by atoms with Crippen molar-refractivity contribution in [3.8, 4) is 0 Å². The van der Waals surface area contributed by atoms with E-state index in [-0.39, 0.29) is 17.1 Å². The van der Waals surface area contributed by atoms with Crippen LogP contribution in [-0.4, -0.2) is 55.1 Å². The first-order valence-corrected chi connectivity index (χ1v) is 12.3. The molecule has 6 nitrogen and oxygen atoms in total. The van der Waals surface area contributed by atoms with E-state index in [1.54, 1.807) is 0 Å². The number of morpholine rings is 1. The summed E-state index contributed by atoms with van der Waals surface area (Å²) in [5, 5.41) is 0. The summed E-state index contributed by atoms with van der Waals surface area (Å²) in [6.07, 6.45) is 2.29. The molecule has 8 heteroatoms. The van der Waals surface area contributed by atoms with E-state index in [0.29, 0.717) is 0 Å². The maximum Gasteiger partial charge on any atom is 0.157 e. The molecule has 1 aromatic carbocycles. The van der Waals surface area contributed by atoms with E-state index in [1.807, 2.05) is 20.8 Å². The quantitative estimate of drug-likeness (QED) is 0.586. The third kappa shape index (κ3) is 6.82. The van der Waals surface area contributed by atoms with Gasteiger partial charge in [-0.2, -0.15) is 0 Å². The first kappa shape index (κ1) is 23.3. The van der Waals surface area contributed by atoms with E-state index in [1.165, 1.54) is 5.69 Å². The Kier molecular flexibility index (Phi) is 8.68. The zero-order valence-corrected chi connectivity index (χ0v) is 20.0. The van der Waals surface area contributed by atoms with Gasteiger partial charge in [0, 0.05) is 41.0 Å². The van der Waals surface area contributed by atoms with Crippen LogP contribution in [0.25, 0.3) is 0 Å².